The largest absolute Gasteiger partial charge is 0.481 e. The Hall–Kier alpha value is -2.95. The van der Waals surface area contributed by atoms with Crippen LogP contribution in [0, 0.1) is 0 Å². The number of carboxylic acids is 1. The van der Waals surface area contributed by atoms with Gasteiger partial charge in [0.1, 0.15) is 0 Å². The minimum Gasteiger partial charge on any atom is -0.481 e. The van der Waals surface area contributed by atoms with Gasteiger partial charge in [0.05, 0.1) is 17.6 Å². The highest BCUT2D eigenvalue weighted by Gasteiger charge is 2.13. The fourth-order valence-corrected chi connectivity index (χ4v) is 4.41. The molecule has 0 saturated carbocycles. The van der Waals surface area contributed by atoms with Gasteiger partial charge in [-0.25, -0.2) is 0 Å². The molecule has 50 heavy (non-hydrogen) atoms. The average Bonchev–Trinajstić information content (AvgIpc) is 3.00. The quantitative estimate of drug-likeness (QED) is 0.0986. The summed E-state index contributed by atoms with van der Waals surface area (Å²) < 4.78 is 0. The summed E-state index contributed by atoms with van der Waals surface area (Å²) in [5.41, 5.74) is 8.05. The van der Waals surface area contributed by atoms with E-state index in [0.29, 0.717) is 0 Å². The molecule has 4 nitrogen and oxygen atoms in total. The molecular weight excluding hydrogens is 617 g/mol. The van der Waals surface area contributed by atoms with Crippen molar-refractivity contribution in [3.8, 4) is 0 Å². The van der Waals surface area contributed by atoms with Crippen LogP contribution in [-0.4, -0.2) is 32.5 Å². The first-order chi connectivity index (χ1) is 23.2. The molecule has 2 atom stereocenters. The molecule has 0 amide bonds. The summed E-state index contributed by atoms with van der Waals surface area (Å²) in [6, 6.07) is 0. The predicted octanol–water partition coefficient (Wildman–Crippen LogP) is 13.7. The molecule has 2 unspecified atom stereocenters. The third-order valence-electron chi connectivity index (χ3n) is 8.10. The van der Waals surface area contributed by atoms with Crippen LogP contribution in [0.4, 0.5) is 0 Å². The molecular formula is C46H78O4. The Bertz CT molecular complexity index is 1110. The molecule has 0 spiro atoms. The van der Waals surface area contributed by atoms with Crippen molar-refractivity contribution in [2.24, 2.45) is 0 Å². The molecule has 0 radical (unpaired) electrons. The third-order valence-corrected chi connectivity index (χ3v) is 8.10. The Morgan fingerprint density at radius 2 is 0.740 bits per heavy atom. The van der Waals surface area contributed by atoms with Crippen molar-refractivity contribution in [1.29, 1.82) is 0 Å². The van der Waals surface area contributed by atoms with Crippen LogP contribution in [0.25, 0.3) is 0 Å². The Morgan fingerprint density at radius 1 is 0.480 bits per heavy atom. The smallest absolute Gasteiger partial charge is 0.307 e. The van der Waals surface area contributed by atoms with E-state index in [-0.39, 0.29) is 6.42 Å². The molecule has 0 aromatic rings. The van der Waals surface area contributed by atoms with Crippen LogP contribution in [0.5, 0.6) is 0 Å². The van der Waals surface area contributed by atoms with Gasteiger partial charge in [-0.05, 0) is 160 Å². The number of aliphatic hydroxyl groups is 2. The van der Waals surface area contributed by atoms with Crippen molar-refractivity contribution in [2.75, 3.05) is 0 Å². The number of hydrogen-bond acceptors (Lipinski definition) is 3. The monoisotopic (exact) mass is 695 g/mol. The fraction of sp³-hybridized carbons (Fsp3) is 0.587. The lowest BCUT2D eigenvalue weighted by atomic mass is 9.99. The SMILES string of the molecule is C=CC(C)(O)CC/C=C(\C)CCC=C(C)C.C=CC(C)(O)CC/C=C(\C)CCC=C(C)C.CC(C)=CCC/C(C)=C/CC/C(C)=C/CC(=O)O. The summed E-state index contributed by atoms with van der Waals surface area (Å²) in [4.78, 5) is 10.4. The maximum atomic E-state index is 10.4. The third kappa shape index (κ3) is 41.2. The van der Waals surface area contributed by atoms with Gasteiger partial charge in [0, 0.05) is 0 Å². The Morgan fingerprint density at radius 3 is 1.00 bits per heavy atom. The van der Waals surface area contributed by atoms with E-state index < -0.39 is 17.2 Å². The van der Waals surface area contributed by atoms with Gasteiger partial charge in [-0.15, -0.1) is 13.2 Å². The molecule has 0 saturated heterocycles. The highest BCUT2D eigenvalue weighted by atomic mass is 16.4. The van der Waals surface area contributed by atoms with Gasteiger partial charge in [0.15, 0.2) is 0 Å². The van der Waals surface area contributed by atoms with E-state index >= 15 is 0 Å². The summed E-state index contributed by atoms with van der Waals surface area (Å²) in [7, 11) is 0. The zero-order valence-corrected chi connectivity index (χ0v) is 34.6. The Labute approximate surface area is 310 Å². The highest BCUT2D eigenvalue weighted by Crippen LogP contribution is 2.17. The van der Waals surface area contributed by atoms with E-state index in [2.05, 4.69) is 112 Å². The summed E-state index contributed by atoms with van der Waals surface area (Å²) in [5.74, 6) is -0.761. The lowest BCUT2D eigenvalue weighted by Gasteiger charge is -2.16. The Balaban J connectivity index is -0.000000664. The molecule has 0 rings (SSSR count). The van der Waals surface area contributed by atoms with Gasteiger partial charge in [0.2, 0.25) is 0 Å². The van der Waals surface area contributed by atoms with Gasteiger partial charge in [0.25, 0.3) is 0 Å². The second-order valence-electron chi connectivity index (χ2n) is 15.0. The average molecular weight is 695 g/mol. The molecule has 0 aliphatic heterocycles. The van der Waals surface area contributed by atoms with Gasteiger partial charge < -0.3 is 15.3 Å². The van der Waals surface area contributed by atoms with Crippen LogP contribution in [0.1, 0.15) is 167 Å². The molecule has 286 valence electrons. The van der Waals surface area contributed by atoms with Crippen molar-refractivity contribution in [3.63, 3.8) is 0 Å². The molecule has 0 aliphatic rings. The van der Waals surface area contributed by atoms with Crippen LogP contribution in [0.2, 0.25) is 0 Å². The van der Waals surface area contributed by atoms with E-state index in [9.17, 15) is 15.0 Å². The second kappa shape index (κ2) is 30.8. The number of carbonyl (C=O) groups is 1. The second-order valence-corrected chi connectivity index (χ2v) is 15.0. The summed E-state index contributed by atoms with van der Waals surface area (Å²) >= 11 is 0. The van der Waals surface area contributed by atoms with Gasteiger partial charge in [-0.2, -0.15) is 0 Å². The maximum Gasteiger partial charge on any atom is 0.307 e. The van der Waals surface area contributed by atoms with E-state index in [0.717, 1.165) is 82.6 Å². The highest BCUT2D eigenvalue weighted by molar-refractivity contribution is 5.68. The first-order valence-corrected chi connectivity index (χ1v) is 18.6. The van der Waals surface area contributed by atoms with Crippen molar-refractivity contribution in [1.82, 2.24) is 0 Å². The molecule has 0 heterocycles. The van der Waals surface area contributed by atoms with Crippen molar-refractivity contribution in [3.05, 3.63) is 107 Å². The van der Waals surface area contributed by atoms with E-state index in [1.807, 2.05) is 6.92 Å². The molecule has 0 aromatic carbocycles. The number of allylic oxidation sites excluding steroid dienone is 13. The van der Waals surface area contributed by atoms with Gasteiger partial charge in [-0.1, -0.05) is 93.7 Å². The van der Waals surface area contributed by atoms with Crippen LogP contribution in [0.15, 0.2) is 107 Å². The van der Waals surface area contributed by atoms with E-state index in [1.165, 1.54) is 33.4 Å². The number of hydrogen-bond donors (Lipinski definition) is 3. The topological polar surface area (TPSA) is 77.8 Å². The first kappa shape index (κ1) is 51.4. The van der Waals surface area contributed by atoms with Crippen LogP contribution in [-0.2, 0) is 4.79 Å². The first-order valence-electron chi connectivity index (χ1n) is 18.6. The van der Waals surface area contributed by atoms with Crippen LogP contribution >= 0.6 is 0 Å². The number of aliphatic carboxylic acids is 1. The standard InChI is InChI=1S/C16H26O2.2C15H26O/c1-13(2)7-5-8-14(3)9-6-10-15(4)11-12-16(17)18;2*1-6-15(5,16)12-8-11-14(4)10-7-9-13(2)3/h7,9,11H,5-6,8,10,12H2,1-4H3,(H,17,18);2*6,9,11,16H,1,7-8,10,12H2,2-5H3/b14-9+,15-11+;2*14-11+. The summed E-state index contributed by atoms with van der Waals surface area (Å²) in [6.45, 7) is 32.0. The molecule has 0 aliphatic carbocycles. The van der Waals surface area contributed by atoms with Crippen LogP contribution < -0.4 is 0 Å². The molecule has 0 fully saturated rings. The van der Waals surface area contributed by atoms with Crippen LogP contribution in [0.3, 0.4) is 0 Å². The zero-order valence-electron chi connectivity index (χ0n) is 34.6. The molecule has 0 aromatic heterocycles. The normalized spacial score (nSPS) is 14.4. The van der Waals surface area contributed by atoms with Crippen molar-refractivity contribution >= 4 is 5.97 Å². The number of carboxylic acid groups (broad SMARTS) is 1. The lowest BCUT2D eigenvalue weighted by molar-refractivity contribution is -0.136. The lowest BCUT2D eigenvalue weighted by Crippen LogP contribution is -2.19. The summed E-state index contributed by atoms with van der Waals surface area (Å²) in [5, 5.41) is 28.0. The number of rotatable bonds is 22. The molecule has 4 heteroatoms. The van der Waals surface area contributed by atoms with Crippen molar-refractivity contribution in [2.45, 2.75) is 178 Å². The summed E-state index contributed by atoms with van der Waals surface area (Å²) in [6.07, 6.45) is 30.6. The molecule has 3 N–H and O–H groups in total. The Kier molecular flexibility index (Phi) is 31.7. The molecule has 0 bridgehead atoms. The minimum atomic E-state index is -0.761. The van der Waals surface area contributed by atoms with Gasteiger partial charge in [-0.3, -0.25) is 4.79 Å². The fourth-order valence-electron chi connectivity index (χ4n) is 4.41. The van der Waals surface area contributed by atoms with Crippen molar-refractivity contribution < 1.29 is 20.1 Å². The van der Waals surface area contributed by atoms with E-state index in [1.54, 1.807) is 32.1 Å². The predicted molar refractivity (Wildman–Crippen MR) is 223 cm³/mol. The van der Waals surface area contributed by atoms with Gasteiger partial charge >= 0.3 is 5.97 Å². The minimum absolute atomic E-state index is 0.134. The zero-order chi connectivity index (χ0) is 39.2. The van der Waals surface area contributed by atoms with E-state index in [4.69, 9.17) is 5.11 Å². The maximum absolute atomic E-state index is 10.4.